The van der Waals surface area contributed by atoms with Crippen molar-refractivity contribution in [3.05, 3.63) is 52.3 Å². The fraction of sp³-hybridized carbons (Fsp3) is 0.586. The van der Waals surface area contributed by atoms with Crippen molar-refractivity contribution in [2.75, 3.05) is 27.2 Å². The number of benzene rings is 1. The minimum absolute atomic E-state index is 0.0441. The lowest BCUT2D eigenvalue weighted by Crippen LogP contribution is -2.46. The predicted molar refractivity (Wildman–Crippen MR) is 146 cm³/mol. The number of aliphatic hydroxyl groups is 1. The van der Waals surface area contributed by atoms with Gasteiger partial charge in [0.25, 0.3) is 5.91 Å². The van der Waals surface area contributed by atoms with E-state index in [9.17, 15) is 14.7 Å². The van der Waals surface area contributed by atoms with Crippen LogP contribution in [-0.2, 0) is 17.8 Å². The van der Waals surface area contributed by atoms with Crippen molar-refractivity contribution in [2.45, 2.75) is 78.5 Å². The maximum Gasteiger partial charge on any atom is 0.268 e. The summed E-state index contributed by atoms with van der Waals surface area (Å²) in [4.78, 5) is 31.6. The number of H-pyrrole nitrogens is 1. The molecule has 204 valence electrons. The van der Waals surface area contributed by atoms with Gasteiger partial charge in [0.15, 0.2) is 0 Å². The van der Waals surface area contributed by atoms with E-state index in [0.717, 1.165) is 53.9 Å². The van der Waals surface area contributed by atoms with Crippen molar-refractivity contribution < 1.29 is 19.4 Å². The van der Waals surface area contributed by atoms with E-state index < -0.39 is 12.1 Å². The highest BCUT2D eigenvalue weighted by Crippen LogP contribution is 2.42. The molecule has 2 aromatic rings. The molecular formula is C29H44N4O4. The number of hydrogen-bond donors (Lipinski definition) is 4. The maximum atomic E-state index is 13.2. The van der Waals surface area contributed by atoms with E-state index in [2.05, 4.69) is 41.3 Å². The molecule has 0 aliphatic heterocycles. The average Bonchev–Trinajstić information content (AvgIpc) is 3.15. The zero-order chi connectivity index (χ0) is 27.2. The number of aromatic amines is 1. The van der Waals surface area contributed by atoms with Crippen molar-refractivity contribution in [1.82, 2.24) is 20.5 Å². The van der Waals surface area contributed by atoms with Gasteiger partial charge in [0.2, 0.25) is 5.91 Å². The van der Waals surface area contributed by atoms with Gasteiger partial charge in [-0.2, -0.15) is 0 Å². The minimum Gasteiger partial charge on any atom is -0.492 e. The average molecular weight is 513 g/mol. The van der Waals surface area contributed by atoms with Gasteiger partial charge in [-0.3, -0.25) is 9.59 Å². The lowest BCUT2D eigenvalue weighted by atomic mass is 9.75. The van der Waals surface area contributed by atoms with E-state index in [0.29, 0.717) is 31.7 Å². The van der Waals surface area contributed by atoms with E-state index in [1.54, 1.807) is 0 Å². The number of aliphatic hydroxyl groups excluding tert-OH is 1. The van der Waals surface area contributed by atoms with Crippen LogP contribution >= 0.6 is 0 Å². The molecular weight excluding hydrogens is 468 g/mol. The highest BCUT2D eigenvalue weighted by Gasteiger charge is 2.35. The van der Waals surface area contributed by atoms with Crippen molar-refractivity contribution in [3.63, 3.8) is 0 Å². The molecule has 1 aliphatic rings. The lowest BCUT2D eigenvalue weighted by molar-refractivity contribution is -0.123. The third-order valence-electron chi connectivity index (χ3n) is 7.01. The molecule has 2 amide bonds. The Morgan fingerprint density at radius 3 is 2.59 bits per heavy atom. The van der Waals surface area contributed by atoms with E-state index in [-0.39, 0.29) is 17.2 Å². The molecule has 0 saturated carbocycles. The number of carbonyl (C=O) groups excluding carboxylic acids is 2. The fourth-order valence-corrected chi connectivity index (χ4v) is 4.94. The van der Waals surface area contributed by atoms with Gasteiger partial charge in [-0.15, -0.1) is 0 Å². The quantitative estimate of drug-likeness (QED) is 0.345. The van der Waals surface area contributed by atoms with Gasteiger partial charge in [-0.05, 0) is 69.0 Å². The van der Waals surface area contributed by atoms with E-state index >= 15 is 0 Å². The summed E-state index contributed by atoms with van der Waals surface area (Å²) in [5.74, 6) is 0.276. The highest BCUT2D eigenvalue weighted by molar-refractivity contribution is 5.97. The number of amides is 2. The molecule has 2 atom stereocenters. The van der Waals surface area contributed by atoms with Crippen molar-refractivity contribution in [1.29, 1.82) is 0 Å². The molecule has 0 saturated heterocycles. The maximum absolute atomic E-state index is 13.2. The Morgan fingerprint density at radius 1 is 1.24 bits per heavy atom. The topological polar surface area (TPSA) is 107 Å². The summed E-state index contributed by atoms with van der Waals surface area (Å²) in [6.45, 7) is 9.98. The number of rotatable bonds is 12. The van der Waals surface area contributed by atoms with Gasteiger partial charge >= 0.3 is 0 Å². The zero-order valence-corrected chi connectivity index (χ0v) is 23.2. The van der Waals surface area contributed by atoms with Gasteiger partial charge in [0.05, 0.1) is 6.10 Å². The number of carbonyl (C=O) groups is 2. The van der Waals surface area contributed by atoms with E-state index in [1.165, 1.54) is 0 Å². The van der Waals surface area contributed by atoms with Crippen LogP contribution in [0, 0.1) is 12.3 Å². The Balaban J connectivity index is 1.62. The molecule has 1 aromatic carbocycles. The Morgan fingerprint density at radius 2 is 1.95 bits per heavy atom. The summed E-state index contributed by atoms with van der Waals surface area (Å²) in [5, 5.41) is 16.6. The second-order valence-electron chi connectivity index (χ2n) is 11.3. The van der Waals surface area contributed by atoms with Crippen LogP contribution in [0.4, 0.5) is 0 Å². The SMILES string of the molecule is CCCCC(NC(=O)c1[nH]c2c(c1C)C(O)CC(C)(C)C2)C(=O)NCc1ccc(OCCN(C)C)cc1. The molecule has 8 heteroatoms. The first-order valence-electron chi connectivity index (χ1n) is 13.3. The molecule has 4 N–H and O–H groups in total. The molecule has 0 fully saturated rings. The Hall–Kier alpha value is -2.84. The Kier molecular flexibility index (Phi) is 9.79. The molecule has 0 bridgehead atoms. The van der Waals surface area contributed by atoms with Gasteiger partial charge in [-0.1, -0.05) is 45.7 Å². The predicted octanol–water partition coefficient (Wildman–Crippen LogP) is 3.87. The summed E-state index contributed by atoms with van der Waals surface area (Å²) >= 11 is 0. The van der Waals surface area contributed by atoms with Crippen molar-refractivity contribution in [3.8, 4) is 5.75 Å². The van der Waals surface area contributed by atoms with E-state index in [4.69, 9.17) is 4.74 Å². The van der Waals surface area contributed by atoms with Gasteiger partial charge in [0, 0.05) is 24.3 Å². The van der Waals surface area contributed by atoms with Crippen molar-refractivity contribution >= 4 is 11.8 Å². The number of likely N-dealkylation sites (N-methyl/N-ethyl adjacent to an activating group) is 1. The van der Waals surface area contributed by atoms with Gasteiger partial charge < -0.3 is 30.4 Å². The van der Waals surface area contributed by atoms with Crippen LogP contribution in [0.1, 0.15) is 85.4 Å². The number of ether oxygens (including phenoxy) is 1. The standard InChI is InChI=1S/C29H44N4O4/c1-7-8-9-22(27(35)30-18-20-10-12-21(13-11-20)37-15-14-33(5)6)32-28(36)26-19(2)25-23(31-26)16-29(3,4)17-24(25)34/h10-13,22,24,31,34H,7-9,14-18H2,1-6H3,(H,30,35)(H,32,36). The summed E-state index contributed by atoms with van der Waals surface area (Å²) in [6, 6.07) is 7.04. The fourth-order valence-electron chi connectivity index (χ4n) is 4.94. The summed E-state index contributed by atoms with van der Waals surface area (Å²) < 4.78 is 5.73. The van der Waals surface area contributed by atoms with Crippen LogP contribution < -0.4 is 15.4 Å². The smallest absolute Gasteiger partial charge is 0.268 e. The first-order chi connectivity index (χ1) is 17.5. The number of aromatic nitrogens is 1. The van der Waals surface area contributed by atoms with Crippen LogP contribution in [0.3, 0.4) is 0 Å². The van der Waals surface area contributed by atoms with Crippen LogP contribution in [-0.4, -0.2) is 60.1 Å². The third kappa shape index (κ3) is 7.82. The molecule has 8 nitrogen and oxygen atoms in total. The molecule has 1 aromatic heterocycles. The zero-order valence-electron chi connectivity index (χ0n) is 23.2. The Labute approximate surface area is 221 Å². The summed E-state index contributed by atoms with van der Waals surface area (Å²) in [7, 11) is 4.01. The van der Waals surface area contributed by atoms with Crippen LogP contribution in [0.15, 0.2) is 24.3 Å². The summed E-state index contributed by atoms with van der Waals surface area (Å²) in [6.07, 6.45) is 3.13. The Bertz CT molecular complexity index is 1060. The first-order valence-corrected chi connectivity index (χ1v) is 13.3. The van der Waals surface area contributed by atoms with E-state index in [1.807, 2.05) is 45.3 Å². The first kappa shape index (κ1) is 28.7. The molecule has 1 heterocycles. The summed E-state index contributed by atoms with van der Waals surface area (Å²) in [5.41, 5.74) is 3.85. The molecule has 37 heavy (non-hydrogen) atoms. The lowest BCUT2D eigenvalue weighted by Gasteiger charge is -2.33. The number of nitrogens with one attached hydrogen (secondary N) is 3. The molecule has 0 spiro atoms. The van der Waals surface area contributed by atoms with Crippen LogP contribution in [0.25, 0.3) is 0 Å². The third-order valence-corrected chi connectivity index (χ3v) is 7.01. The number of nitrogens with zero attached hydrogens (tertiary/aromatic N) is 1. The second-order valence-corrected chi connectivity index (χ2v) is 11.3. The normalized spacial score (nSPS) is 17.2. The number of unbranched alkanes of at least 4 members (excludes halogenated alkanes) is 1. The van der Waals surface area contributed by atoms with Crippen LogP contribution in [0.5, 0.6) is 5.75 Å². The van der Waals surface area contributed by atoms with Crippen molar-refractivity contribution in [2.24, 2.45) is 5.41 Å². The van der Waals surface area contributed by atoms with Crippen LogP contribution in [0.2, 0.25) is 0 Å². The second kappa shape index (κ2) is 12.6. The van der Waals surface area contributed by atoms with Gasteiger partial charge in [0.1, 0.15) is 24.1 Å². The molecule has 3 rings (SSSR count). The molecule has 1 aliphatic carbocycles. The van der Waals surface area contributed by atoms with Gasteiger partial charge in [-0.25, -0.2) is 0 Å². The number of fused-ring (bicyclic) bond motifs is 1. The monoisotopic (exact) mass is 512 g/mol. The minimum atomic E-state index is -0.637. The largest absolute Gasteiger partial charge is 0.492 e. The number of hydrogen-bond acceptors (Lipinski definition) is 5. The molecule has 0 radical (unpaired) electrons. The molecule has 2 unspecified atom stereocenters. The highest BCUT2D eigenvalue weighted by atomic mass is 16.5.